The molecule has 1 amide bonds. The molecule has 0 saturated carbocycles. The Morgan fingerprint density at radius 2 is 2.00 bits per heavy atom. The summed E-state index contributed by atoms with van der Waals surface area (Å²) in [6, 6.07) is -0.317. The van der Waals surface area contributed by atoms with Crippen LogP contribution in [0, 0.1) is 6.92 Å². The lowest BCUT2D eigenvalue weighted by atomic mass is 10.2. The Balaban J connectivity index is 2.81. The molecule has 6 heteroatoms. The van der Waals surface area contributed by atoms with E-state index in [1.807, 2.05) is 13.8 Å². The van der Waals surface area contributed by atoms with Crippen molar-refractivity contribution in [1.29, 1.82) is 0 Å². The van der Waals surface area contributed by atoms with Gasteiger partial charge in [-0.05, 0) is 20.3 Å². The highest BCUT2D eigenvalue weighted by molar-refractivity contribution is 5.83. The highest BCUT2D eigenvalue weighted by Crippen LogP contribution is 2.18. The molecule has 0 bridgehead atoms. The molecule has 2 N–H and O–H groups in total. The summed E-state index contributed by atoms with van der Waals surface area (Å²) < 4.78 is 0. The van der Waals surface area contributed by atoms with Crippen LogP contribution >= 0.6 is 0 Å². The summed E-state index contributed by atoms with van der Waals surface area (Å²) >= 11 is 0. The predicted octanol–water partition coefficient (Wildman–Crippen LogP) is 1.50. The number of likely N-dealkylation sites (N-methyl/N-ethyl adjacent to an activating group) is 1. The predicted molar refractivity (Wildman–Crippen MR) is 77.3 cm³/mol. The van der Waals surface area contributed by atoms with Crippen LogP contribution in [0.15, 0.2) is 6.33 Å². The van der Waals surface area contributed by atoms with E-state index < -0.39 is 0 Å². The van der Waals surface area contributed by atoms with E-state index in [9.17, 15) is 4.79 Å². The average Bonchev–Trinajstić information content (AvgIpc) is 2.38. The topological polar surface area (TPSA) is 70.1 Å². The van der Waals surface area contributed by atoms with Crippen LogP contribution in [-0.2, 0) is 4.79 Å². The van der Waals surface area contributed by atoms with Crippen molar-refractivity contribution < 1.29 is 4.79 Å². The molecule has 0 aromatic carbocycles. The van der Waals surface area contributed by atoms with Crippen LogP contribution in [0.2, 0.25) is 0 Å². The van der Waals surface area contributed by atoms with Crippen molar-refractivity contribution in [2.45, 2.75) is 33.2 Å². The molecule has 0 aliphatic heterocycles. The first-order valence-electron chi connectivity index (χ1n) is 6.50. The first-order valence-corrected chi connectivity index (χ1v) is 6.50. The number of rotatable bonds is 6. The highest BCUT2D eigenvalue weighted by atomic mass is 16.2. The second kappa shape index (κ2) is 6.92. The lowest BCUT2D eigenvalue weighted by Crippen LogP contribution is -2.37. The van der Waals surface area contributed by atoms with Crippen molar-refractivity contribution in [3.63, 3.8) is 0 Å². The van der Waals surface area contributed by atoms with E-state index in [1.165, 1.54) is 6.33 Å². The quantitative estimate of drug-likeness (QED) is 0.815. The zero-order valence-electron chi connectivity index (χ0n) is 12.3. The molecule has 106 valence electrons. The molecule has 1 aromatic heterocycles. The molecule has 0 radical (unpaired) electrons. The molecule has 0 saturated heterocycles. The molecule has 0 aliphatic rings. The number of anilines is 2. The molecule has 19 heavy (non-hydrogen) atoms. The fourth-order valence-electron chi connectivity index (χ4n) is 1.67. The van der Waals surface area contributed by atoms with Crippen LogP contribution in [0.25, 0.3) is 0 Å². The Kier molecular flexibility index (Phi) is 5.54. The molecule has 1 unspecified atom stereocenters. The van der Waals surface area contributed by atoms with Gasteiger partial charge in [0.05, 0.1) is 0 Å². The smallest absolute Gasteiger partial charge is 0.244 e. The number of nitrogens with zero attached hydrogens (tertiary/aromatic N) is 3. The second-order valence-electron chi connectivity index (χ2n) is 4.72. The number of carbonyl (C=O) groups excluding carboxylic acids is 1. The Bertz CT molecular complexity index is 433. The Labute approximate surface area is 114 Å². The van der Waals surface area contributed by atoms with Crippen LogP contribution in [0.1, 0.15) is 25.8 Å². The first kappa shape index (κ1) is 15.2. The average molecular weight is 265 g/mol. The third-order valence-electron chi connectivity index (χ3n) is 2.79. The van der Waals surface area contributed by atoms with Crippen LogP contribution in [0.3, 0.4) is 0 Å². The van der Waals surface area contributed by atoms with Gasteiger partial charge in [0.1, 0.15) is 24.0 Å². The van der Waals surface area contributed by atoms with Crippen molar-refractivity contribution in [3.8, 4) is 0 Å². The third-order valence-corrected chi connectivity index (χ3v) is 2.79. The summed E-state index contributed by atoms with van der Waals surface area (Å²) in [5.74, 6) is 1.52. The number of amides is 1. The molecule has 1 rings (SSSR count). The van der Waals surface area contributed by atoms with Gasteiger partial charge in [0, 0.05) is 26.2 Å². The first-order chi connectivity index (χ1) is 8.97. The number of hydrogen-bond donors (Lipinski definition) is 2. The number of nitrogens with one attached hydrogen (secondary N) is 2. The monoisotopic (exact) mass is 265 g/mol. The lowest BCUT2D eigenvalue weighted by molar-refractivity contribution is -0.129. The maximum Gasteiger partial charge on any atom is 0.244 e. The zero-order valence-corrected chi connectivity index (χ0v) is 12.3. The summed E-state index contributed by atoms with van der Waals surface area (Å²) in [6.07, 6.45) is 2.53. The van der Waals surface area contributed by atoms with E-state index in [0.29, 0.717) is 5.82 Å². The van der Waals surface area contributed by atoms with Gasteiger partial charge in [-0.2, -0.15) is 0 Å². The van der Waals surface area contributed by atoms with Gasteiger partial charge in [-0.25, -0.2) is 9.97 Å². The third kappa shape index (κ3) is 4.08. The molecule has 1 heterocycles. The van der Waals surface area contributed by atoms with Gasteiger partial charge in [-0.3, -0.25) is 4.79 Å². The maximum absolute atomic E-state index is 11.8. The van der Waals surface area contributed by atoms with Gasteiger partial charge < -0.3 is 15.5 Å². The van der Waals surface area contributed by atoms with E-state index >= 15 is 0 Å². The van der Waals surface area contributed by atoms with E-state index in [-0.39, 0.29) is 11.9 Å². The number of hydrogen-bond acceptors (Lipinski definition) is 5. The standard InChI is InChI=1S/C13H23N5O/c1-6-7-14-11-9(2)12(16-8-15-11)17-10(3)13(19)18(4)5/h8,10H,6-7H2,1-5H3,(H2,14,15,16,17). The van der Waals surface area contributed by atoms with Crippen LogP contribution in [-0.4, -0.2) is 47.5 Å². The molecule has 0 fully saturated rings. The van der Waals surface area contributed by atoms with Crippen LogP contribution in [0.4, 0.5) is 11.6 Å². The largest absolute Gasteiger partial charge is 0.370 e. The van der Waals surface area contributed by atoms with Crippen molar-refractivity contribution in [3.05, 3.63) is 11.9 Å². The van der Waals surface area contributed by atoms with Gasteiger partial charge >= 0.3 is 0 Å². The minimum Gasteiger partial charge on any atom is -0.370 e. The van der Waals surface area contributed by atoms with E-state index in [2.05, 4.69) is 27.5 Å². The number of aromatic nitrogens is 2. The molecule has 0 aliphatic carbocycles. The van der Waals surface area contributed by atoms with Crippen molar-refractivity contribution in [2.24, 2.45) is 0 Å². The summed E-state index contributed by atoms with van der Waals surface area (Å²) in [5.41, 5.74) is 0.925. The minimum absolute atomic E-state index is 0.0149. The molecule has 1 aromatic rings. The summed E-state index contributed by atoms with van der Waals surface area (Å²) in [7, 11) is 3.48. The molecular formula is C13H23N5O. The van der Waals surface area contributed by atoms with Gasteiger partial charge in [-0.15, -0.1) is 0 Å². The summed E-state index contributed by atoms with van der Waals surface area (Å²) in [5, 5.41) is 6.37. The Hall–Kier alpha value is -1.85. The van der Waals surface area contributed by atoms with Crippen molar-refractivity contribution in [2.75, 3.05) is 31.3 Å². The fraction of sp³-hybridized carbons (Fsp3) is 0.615. The van der Waals surface area contributed by atoms with Gasteiger partial charge in [0.25, 0.3) is 0 Å². The van der Waals surface area contributed by atoms with Gasteiger partial charge in [-0.1, -0.05) is 6.92 Å². The Morgan fingerprint density at radius 3 is 2.58 bits per heavy atom. The normalized spacial score (nSPS) is 11.8. The van der Waals surface area contributed by atoms with E-state index in [0.717, 1.165) is 24.3 Å². The van der Waals surface area contributed by atoms with Crippen molar-refractivity contribution >= 4 is 17.5 Å². The molecule has 1 atom stereocenters. The maximum atomic E-state index is 11.8. The lowest BCUT2D eigenvalue weighted by Gasteiger charge is -2.20. The van der Waals surface area contributed by atoms with Gasteiger partial charge in [0.2, 0.25) is 5.91 Å². The fourth-order valence-corrected chi connectivity index (χ4v) is 1.67. The summed E-state index contributed by atoms with van der Waals surface area (Å²) in [4.78, 5) is 21.8. The zero-order chi connectivity index (χ0) is 14.4. The minimum atomic E-state index is -0.317. The SMILES string of the molecule is CCCNc1ncnc(NC(C)C(=O)N(C)C)c1C. The second-order valence-corrected chi connectivity index (χ2v) is 4.72. The molecule has 0 spiro atoms. The number of carbonyl (C=O) groups is 1. The van der Waals surface area contributed by atoms with E-state index in [4.69, 9.17) is 0 Å². The molecular weight excluding hydrogens is 242 g/mol. The van der Waals surface area contributed by atoms with Gasteiger partial charge in [0.15, 0.2) is 0 Å². The highest BCUT2D eigenvalue weighted by Gasteiger charge is 2.16. The van der Waals surface area contributed by atoms with Crippen LogP contribution < -0.4 is 10.6 Å². The van der Waals surface area contributed by atoms with Crippen molar-refractivity contribution in [1.82, 2.24) is 14.9 Å². The molecule has 6 nitrogen and oxygen atoms in total. The Morgan fingerprint density at radius 1 is 1.37 bits per heavy atom. The van der Waals surface area contributed by atoms with Crippen LogP contribution in [0.5, 0.6) is 0 Å². The van der Waals surface area contributed by atoms with E-state index in [1.54, 1.807) is 19.0 Å². The summed E-state index contributed by atoms with van der Waals surface area (Å²) in [6.45, 7) is 6.72.